The van der Waals surface area contributed by atoms with E-state index in [4.69, 9.17) is 17.0 Å². The van der Waals surface area contributed by atoms with Crippen molar-refractivity contribution < 1.29 is 9.53 Å². The Morgan fingerprint density at radius 2 is 2.21 bits per heavy atom. The van der Waals surface area contributed by atoms with Crippen molar-refractivity contribution in [2.75, 3.05) is 12.4 Å². The van der Waals surface area contributed by atoms with Crippen LogP contribution in [0.25, 0.3) is 11.4 Å². The van der Waals surface area contributed by atoms with E-state index in [1.165, 1.54) is 11.3 Å². The van der Waals surface area contributed by atoms with Gasteiger partial charge in [0.2, 0.25) is 5.91 Å². The van der Waals surface area contributed by atoms with Crippen LogP contribution in [0.1, 0.15) is 6.42 Å². The Labute approximate surface area is 147 Å². The number of ether oxygens (including phenoxy) is 1. The molecule has 0 unspecified atom stereocenters. The second kappa shape index (κ2) is 7.37. The second-order valence-corrected chi connectivity index (χ2v) is 6.15. The number of hydrogen-bond acceptors (Lipinski definition) is 6. The van der Waals surface area contributed by atoms with Crippen LogP contribution in [0, 0.1) is 4.77 Å². The molecule has 0 atom stereocenters. The van der Waals surface area contributed by atoms with E-state index in [0.29, 0.717) is 22.3 Å². The first-order valence-electron chi connectivity index (χ1n) is 7.16. The Bertz CT molecular complexity index is 868. The van der Waals surface area contributed by atoms with Gasteiger partial charge in [0.1, 0.15) is 5.75 Å². The molecule has 0 aliphatic rings. The number of methoxy groups -OCH3 is 1. The summed E-state index contributed by atoms with van der Waals surface area (Å²) in [6.45, 7) is 0.425. The van der Waals surface area contributed by atoms with E-state index in [-0.39, 0.29) is 12.3 Å². The fourth-order valence-corrected chi connectivity index (χ4v) is 2.93. The minimum absolute atomic E-state index is 0.117. The van der Waals surface area contributed by atoms with Gasteiger partial charge in [0.25, 0.3) is 0 Å². The Morgan fingerprint density at radius 3 is 2.88 bits per heavy atom. The summed E-state index contributed by atoms with van der Waals surface area (Å²) in [4.78, 5) is 16.0. The number of nitrogens with one attached hydrogen (secondary N) is 2. The number of aromatic amines is 1. The molecule has 0 saturated carbocycles. The highest BCUT2D eigenvalue weighted by Gasteiger charge is 2.11. The van der Waals surface area contributed by atoms with Crippen molar-refractivity contribution >= 4 is 34.6 Å². The summed E-state index contributed by atoms with van der Waals surface area (Å²) in [5.41, 5.74) is 0.892. The number of amides is 1. The van der Waals surface area contributed by atoms with E-state index >= 15 is 0 Å². The molecule has 2 heterocycles. The van der Waals surface area contributed by atoms with Crippen molar-refractivity contribution in [3.63, 3.8) is 0 Å². The number of carbonyl (C=O) groups excluding carboxylic acids is 1. The molecule has 0 fully saturated rings. The molecule has 9 heteroatoms. The van der Waals surface area contributed by atoms with Gasteiger partial charge in [0, 0.05) is 30.1 Å². The Hall–Kier alpha value is -2.52. The number of rotatable bonds is 6. The predicted octanol–water partition coefficient (Wildman–Crippen LogP) is 3.10. The maximum Gasteiger partial charge on any atom is 0.227 e. The molecular weight excluding hydrogens is 346 g/mol. The van der Waals surface area contributed by atoms with E-state index in [1.54, 1.807) is 17.9 Å². The lowest BCUT2D eigenvalue weighted by Crippen LogP contribution is -2.14. The van der Waals surface area contributed by atoms with Crippen molar-refractivity contribution in [1.82, 2.24) is 19.7 Å². The number of thiazole rings is 1. The van der Waals surface area contributed by atoms with E-state index in [0.717, 1.165) is 11.3 Å². The highest BCUT2D eigenvalue weighted by Crippen LogP contribution is 2.21. The smallest absolute Gasteiger partial charge is 0.227 e. The van der Waals surface area contributed by atoms with Crippen molar-refractivity contribution in [2.24, 2.45) is 0 Å². The van der Waals surface area contributed by atoms with Crippen LogP contribution in [-0.2, 0) is 11.3 Å². The third-order valence-corrected chi connectivity index (χ3v) is 4.35. The number of nitrogens with zero attached hydrogens (tertiary/aromatic N) is 3. The highest BCUT2D eigenvalue weighted by atomic mass is 32.1. The Kier molecular flexibility index (Phi) is 5.02. The van der Waals surface area contributed by atoms with Crippen LogP contribution in [-0.4, -0.2) is 32.8 Å². The number of hydrogen-bond donors (Lipinski definition) is 2. The van der Waals surface area contributed by atoms with Gasteiger partial charge < -0.3 is 10.1 Å². The third-order valence-electron chi connectivity index (χ3n) is 3.35. The van der Waals surface area contributed by atoms with Gasteiger partial charge >= 0.3 is 0 Å². The molecule has 1 aromatic carbocycles. The molecule has 24 heavy (non-hydrogen) atoms. The van der Waals surface area contributed by atoms with E-state index in [2.05, 4.69) is 20.5 Å². The number of benzene rings is 1. The molecule has 3 rings (SSSR count). The second-order valence-electron chi connectivity index (χ2n) is 4.87. The summed E-state index contributed by atoms with van der Waals surface area (Å²) in [5.74, 6) is 1.33. The lowest BCUT2D eigenvalue weighted by Gasteiger charge is -2.07. The number of H-pyrrole nitrogens is 1. The lowest BCUT2D eigenvalue weighted by atomic mass is 10.2. The normalized spacial score (nSPS) is 10.5. The summed E-state index contributed by atoms with van der Waals surface area (Å²) in [7, 11) is 1.62. The van der Waals surface area contributed by atoms with Gasteiger partial charge in [0.15, 0.2) is 15.7 Å². The molecule has 0 radical (unpaired) electrons. The molecular formula is C15H15N5O2S2. The molecule has 2 aromatic heterocycles. The lowest BCUT2D eigenvalue weighted by molar-refractivity contribution is -0.116. The van der Waals surface area contributed by atoms with Crippen LogP contribution >= 0.6 is 23.6 Å². The molecule has 124 valence electrons. The topological polar surface area (TPSA) is 84.8 Å². The average Bonchev–Trinajstić information content (AvgIpc) is 3.23. The quantitative estimate of drug-likeness (QED) is 0.659. The number of anilines is 1. The average molecular weight is 361 g/mol. The van der Waals surface area contributed by atoms with Gasteiger partial charge in [0.05, 0.1) is 7.11 Å². The molecule has 0 spiro atoms. The fraction of sp³-hybridized carbons (Fsp3) is 0.200. The molecule has 2 N–H and O–H groups in total. The Balaban J connectivity index is 1.72. The zero-order valence-corrected chi connectivity index (χ0v) is 14.5. The minimum atomic E-state index is -0.117. The first-order valence-corrected chi connectivity index (χ1v) is 8.45. The Morgan fingerprint density at radius 1 is 1.42 bits per heavy atom. The molecule has 7 nitrogen and oxygen atoms in total. The first-order chi connectivity index (χ1) is 11.7. The van der Waals surface area contributed by atoms with E-state index < -0.39 is 0 Å². The summed E-state index contributed by atoms with van der Waals surface area (Å²) < 4.78 is 7.43. The maximum atomic E-state index is 12.0. The van der Waals surface area contributed by atoms with Gasteiger partial charge in [-0.05, 0) is 36.5 Å². The monoisotopic (exact) mass is 361 g/mol. The van der Waals surface area contributed by atoms with Gasteiger partial charge in [-0.1, -0.05) is 0 Å². The minimum Gasteiger partial charge on any atom is -0.497 e. The SMILES string of the molecule is COc1ccc(-c2n[nH]c(=S)n2CCC(=O)Nc2nccs2)cc1. The summed E-state index contributed by atoms with van der Waals surface area (Å²) >= 11 is 6.65. The van der Waals surface area contributed by atoms with E-state index in [1.807, 2.05) is 29.6 Å². The van der Waals surface area contributed by atoms with Crippen LogP contribution < -0.4 is 10.1 Å². The molecule has 1 amide bonds. The van der Waals surface area contributed by atoms with E-state index in [9.17, 15) is 4.79 Å². The van der Waals surface area contributed by atoms with Crippen molar-refractivity contribution in [3.05, 3.63) is 40.6 Å². The standard InChI is InChI=1S/C15H15N5O2S2/c1-22-11-4-2-10(3-5-11)13-18-19-15(23)20(13)8-6-12(21)17-14-16-7-9-24-14/h2-5,7,9H,6,8H2,1H3,(H,19,23)(H,16,17,21). The number of carbonyl (C=O) groups is 1. The van der Waals surface area contributed by atoms with Gasteiger partial charge in [-0.3, -0.25) is 14.5 Å². The summed E-state index contributed by atoms with van der Waals surface area (Å²) in [6.07, 6.45) is 1.92. The van der Waals surface area contributed by atoms with Gasteiger partial charge in [-0.25, -0.2) is 4.98 Å². The van der Waals surface area contributed by atoms with Crippen LogP contribution in [0.5, 0.6) is 5.75 Å². The fourth-order valence-electron chi connectivity index (χ4n) is 2.17. The van der Waals surface area contributed by atoms with Crippen molar-refractivity contribution in [2.45, 2.75) is 13.0 Å². The van der Waals surface area contributed by atoms with Gasteiger partial charge in [-0.2, -0.15) is 5.10 Å². The van der Waals surface area contributed by atoms with Gasteiger partial charge in [-0.15, -0.1) is 11.3 Å². The molecule has 0 aliphatic carbocycles. The molecule has 0 bridgehead atoms. The largest absolute Gasteiger partial charge is 0.497 e. The van der Waals surface area contributed by atoms with Crippen LogP contribution in [0.15, 0.2) is 35.8 Å². The maximum absolute atomic E-state index is 12.0. The molecule has 0 saturated heterocycles. The van der Waals surface area contributed by atoms with Crippen LogP contribution in [0.4, 0.5) is 5.13 Å². The zero-order chi connectivity index (χ0) is 16.9. The third kappa shape index (κ3) is 3.69. The molecule has 0 aliphatic heterocycles. The first kappa shape index (κ1) is 16.3. The van der Waals surface area contributed by atoms with Crippen LogP contribution in [0.3, 0.4) is 0 Å². The zero-order valence-electron chi connectivity index (χ0n) is 12.9. The van der Waals surface area contributed by atoms with Crippen molar-refractivity contribution in [1.29, 1.82) is 0 Å². The van der Waals surface area contributed by atoms with Crippen molar-refractivity contribution in [3.8, 4) is 17.1 Å². The molecule has 3 aromatic rings. The highest BCUT2D eigenvalue weighted by molar-refractivity contribution is 7.71. The summed E-state index contributed by atoms with van der Waals surface area (Å²) in [5, 5.41) is 12.2. The van der Waals surface area contributed by atoms with Crippen LogP contribution in [0.2, 0.25) is 0 Å². The number of aromatic nitrogens is 4. The predicted molar refractivity (Wildman–Crippen MR) is 94.8 cm³/mol. The summed E-state index contributed by atoms with van der Waals surface area (Å²) in [6, 6.07) is 7.50.